The highest BCUT2D eigenvalue weighted by molar-refractivity contribution is 5.19. The smallest absolute Gasteiger partial charge is 0.129 e. The van der Waals surface area contributed by atoms with Crippen LogP contribution in [-0.4, -0.2) is 13.1 Å². The zero-order valence-corrected chi connectivity index (χ0v) is 12.3. The molecule has 2 atom stereocenters. The van der Waals surface area contributed by atoms with E-state index in [1.807, 2.05) is 7.05 Å². The second-order valence-electron chi connectivity index (χ2n) is 5.96. The number of rotatable bonds is 7. The highest BCUT2D eigenvalue weighted by Gasteiger charge is 2.22. The maximum absolute atomic E-state index is 13.4. The Balaban J connectivity index is 1.62. The van der Waals surface area contributed by atoms with Crippen molar-refractivity contribution in [1.82, 2.24) is 5.32 Å². The van der Waals surface area contributed by atoms with Crippen molar-refractivity contribution in [2.75, 3.05) is 7.05 Å². The molecule has 1 nitrogen and oxygen atoms in total. The van der Waals surface area contributed by atoms with E-state index >= 15 is 0 Å². The predicted octanol–water partition coefficient (Wildman–Crippen LogP) is 4.46. The zero-order valence-electron chi connectivity index (χ0n) is 12.3. The SMILES string of the molecule is CNC1CCC(CCCCCc2c(F)cccc2F)C1. The van der Waals surface area contributed by atoms with Crippen LogP contribution in [0, 0.1) is 17.6 Å². The van der Waals surface area contributed by atoms with Gasteiger partial charge in [0.15, 0.2) is 0 Å². The number of halogens is 2. The minimum atomic E-state index is -0.405. The number of unbranched alkanes of at least 4 members (excludes halogenated alkanes) is 2. The summed E-state index contributed by atoms with van der Waals surface area (Å²) in [6.45, 7) is 0. The Labute approximate surface area is 120 Å². The molecule has 0 spiro atoms. The topological polar surface area (TPSA) is 12.0 Å². The number of hydrogen-bond acceptors (Lipinski definition) is 1. The summed E-state index contributed by atoms with van der Waals surface area (Å²) in [4.78, 5) is 0. The molecule has 1 N–H and O–H groups in total. The Bertz CT molecular complexity index is 399. The van der Waals surface area contributed by atoms with Crippen molar-refractivity contribution in [2.24, 2.45) is 5.92 Å². The van der Waals surface area contributed by atoms with Gasteiger partial charge in [-0.2, -0.15) is 0 Å². The quantitative estimate of drug-likeness (QED) is 0.728. The average Bonchev–Trinajstić information content (AvgIpc) is 2.89. The Morgan fingerprint density at radius 1 is 1.10 bits per heavy atom. The van der Waals surface area contributed by atoms with Crippen molar-refractivity contribution in [3.63, 3.8) is 0 Å². The van der Waals surface area contributed by atoms with Gasteiger partial charge in [0.05, 0.1) is 0 Å². The molecule has 1 saturated carbocycles. The van der Waals surface area contributed by atoms with E-state index in [-0.39, 0.29) is 5.56 Å². The van der Waals surface area contributed by atoms with Crippen LogP contribution in [0.1, 0.15) is 50.5 Å². The van der Waals surface area contributed by atoms with Gasteiger partial charge >= 0.3 is 0 Å². The molecule has 1 aliphatic rings. The lowest BCUT2D eigenvalue weighted by Gasteiger charge is -2.10. The molecular formula is C17H25F2N. The first kappa shape index (κ1) is 15.4. The molecule has 0 saturated heterocycles. The van der Waals surface area contributed by atoms with E-state index in [9.17, 15) is 8.78 Å². The molecule has 0 bridgehead atoms. The van der Waals surface area contributed by atoms with Crippen LogP contribution in [-0.2, 0) is 6.42 Å². The molecular weight excluding hydrogens is 256 g/mol. The number of nitrogens with one attached hydrogen (secondary N) is 1. The van der Waals surface area contributed by atoms with Gasteiger partial charge in [0.25, 0.3) is 0 Å². The van der Waals surface area contributed by atoms with Crippen LogP contribution in [0.5, 0.6) is 0 Å². The van der Waals surface area contributed by atoms with Gasteiger partial charge in [-0.15, -0.1) is 0 Å². The first-order chi connectivity index (χ1) is 9.70. The van der Waals surface area contributed by atoms with Crippen molar-refractivity contribution in [2.45, 2.75) is 57.4 Å². The van der Waals surface area contributed by atoms with E-state index in [0.29, 0.717) is 12.5 Å². The lowest BCUT2D eigenvalue weighted by atomic mass is 9.98. The minimum absolute atomic E-state index is 0.253. The second-order valence-corrected chi connectivity index (χ2v) is 5.96. The molecule has 2 rings (SSSR count). The van der Waals surface area contributed by atoms with Crippen LogP contribution in [0.15, 0.2) is 18.2 Å². The molecule has 2 unspecified atom stereocenters. The molecule has 20 heavy (non-hydrogen) atoms. The Kier molecular flexibility index (Phi) is 5.96. The molecule has 1 aromatic carbocycles. The van der Waals surface area contributed by atoms with Crippen LogP contribution in [0.2, 0.25) is 0 Å². The largest absolute Gasteiger partial charge is 0.317 e. The maximum atomic E-state index is 13.4. The first-order valence-corrected chi connectivity index (χ1v) is 7.81. The monoisotopic (exact) mass is 281 g/mol. The van der Waals surface area contributed by atoms with Crippen LogP contribution in [0.25, 0.3) is 0 Å². The fourth-order valence-electron chi connectivity index (χ4n) is 3.28. The predicted molar refractivity (Wildman–Crippen MR) is 78.7 cm³/mol. The molecule has 0 amide bonds. The van der Waals surface area contributed by atoms with E-state index in [4.69, 9.17) is 0 Å². The van der Waals surface area contributed by atoms with Gasteiger partial charge in [-0.05, 0) is 57.2 Å². The third kappa shape index (κ3) is 4.27. The van der Waals surface area contributed by atoms with Crippen molar-refractivity contribution in [3.05, 3.63) is 35.4 Å². The summed E-state index contributed by atoms with van der Waals surface area (Å²) >= 11 is 0. The average molecular weight is 281 g/mol. The lowest BCUT2D eigenvalue weighted by molar-refractivity contribution is 0.450. The summed E-state index contributed by atoms with van der Waals surface area (Å²) in [6, 6.07) is 4.81. The third-order valence-corrected chi connectivity index (χ3v) is 4.55. The summed E-state index contributed by atoms with van der Waals surface area (Å²) in [5, 5.41) is 3.35. The summed E-state index contributed by atoms with van der Waals surface area (Å²) in [5.41, 5.74) is 0.253. The van der Waals surface area contributed by atoms with Crippen LogP contribution < -0.4 is 5.32 Å². The molecule has 1 aliphatic carbocycles. The molecule has 3 heteroatoms. The lowest BCUT2D eigenvalue weighted by Crippen LogP contribution is -2.21. The zero-order chi connectivity index (χ0) is 14.4. The fourth-order valence-corrected chi connectivity index (χ4v) is 3.28. The second kappa shape index (κ2) is 7.72. The van der Waals surface area contributed by atoms with Gasteiger partial charge in [0.1, 0.15) is 11.6 Å². The van der Waals surface area contributed by atoms with Gasteiger partial charge in [-0.3, -0.25) is 0 Å². The van der Waals surface area contributed by atoms with Crippen molar-refractivity contribution >= 4 is 0 Å². The molecule has 0 aliphatic heterocycles. The van der Waals surface area contributed by atoms with E-state index < -0.39 is 11.6 Å². The summed E-state index contributed by atoms with van der Waals surface area (Å²) in [5.74, 6) is 0.0351. The van der Waals surface area contributed by atoms with Gasteiger partial charge < -0.3 is 5.32 Å². The van der Waals surface area contributed by atoms with Gasteiger partial charge in [-0.1, -0.05) is 25.3 Å². The van der Waals surface area contributed by atoms with E-state index in [1.165, 1.54) is 50.3 Å². The summed E-state index contributed by atoms with van der Waals surface area (Å²) in [6.07, 6.45) is 8.80. The fraction of sp³-hybridized carbons (Fsp3) is 0.647. The molecule has 0 radical (unpaired) electrons. The third-order valence-electron chi connectivity index (χ3n) is 4.55. The normalized spacial score (nSPS) is 22.4. The van der Waals surface area contributed by atoms with E-state index in [2.05, 4.69) is 5.32 Å². The molecule has 1 aromatic rings. The van der Waals surface area contributed by atoms with E-state index in [1.54, 1.807) is 0 Å². The van der Waals surface area contributed by atoms with Crippen LogP contribution >= 0.6 is 0 Å². The molecule has 0 heterocycles. The Morgan fingerprint density at radius 2 is 1.85 bits per heavy atom. The first-order valence-electron chi connectivity index (χ1n) is 7.81. The standard InChI is InChI=1S/C17H25F2N/c1-20-14-11-10-13(12-14)6-3-2-4-7-15-16(18)8-5-9-17(15)19/h5,8-9,13-14,20H,2-4,6-7,10-12H2,1H3. The van der Waals surface area contributed by atoms with Crippen molar-refractivity contribution in [3.8, 4) is 0 Å². The minimum Gasteiger partial charge on any atom is -0.317 e. The van der Waals surface area contributed by atoms with Gasteiger partial charge in [0, 0.05) is 11.6 Å². The Morgan fingerprint density at radius 3 is 2.50 bits per heavy atom. The van der Waals surface area contributed by atoms with Gasteiger partial charge in [0.2, 0.25) is 0 Å². The highest BCUT2D eigenvalue weighted by atomic mass is 19.1. The summed E-state index contributed by atoms with van der Waals surface area (Å²) in [7, 11) is 2.04. The molecule has 1 fully saturated rings. The van der Waals surface area contributed by atoms with Crippen LogP contribution in [0.3, 0.4) is 0 Å². The van der Waals surface area contributed by atoms with E-state index in [0.717, 1.165) is 18.8 Å². The van der Waals surface area contributed by atoms with Gasteiger partial charge in [-0.25, -0.2) is 8.78 Å². The number of benzene rings is 1. The molecule has 112 valence electrons. The maximum Gasteiger partial charge on any atom is 0.129 e. The summed E-state index contributed by atoms with van der Waals surface area (Å²) < 4.78 is 26.9. The van der Waals surface area contributed by atoms with Crippen molar-refractivity contribution < 1.29 is 8.78 Å². The van der Waals surface area contributed by atoms with Crippen LogP contribution in [0.4, 0.5) is 8.78 Å². The van der Waals surface area contributed by atoms with Crippen molar-refractivity contribution in [1.29, 1.82) is 0 Å². The Hall–Kier alpha value is -0.960. The molecule has 0 aromatic heterocycles. The number of hydrogen-bond donors (Lipinski definition) is 1. The highest BCUT2D eigenvalue weighted by Crippen LogP contribution is 2.29.